The number of aromatic nitrogens is 1. The van der Waals surface area contributed by atoms with Gasteiger partial charge in [-0.25, -0.2) is 9.88 Å². The van der Waals surface area contributed by atoms with Gasteiger partial charge in [-0.15, -0.1) is 0 Å². The fraction of sp³-hybridized carbons (Fsp3) is 0.250. The van der Waals surface area contributed by atoms with Crippen molar-refractivity contribution in [3.8, 4) is 5.75 Å². The van der Waals surface area contributed by atoms with Gasteiger partial charge in [0.2, 0.25) is 0 Å². The Morgan fingerprint density at radius 3 is 2.35 bits per heavy atom. The number of carbonyl (C=O) groups excluding carboxylic acids is 2. The molecule has 0 saturated heterocycles. The highest BCUT2D eigenvalue weighted by molar-refractivity contribution is 9.10. The highest BCUT2D eigenvalue weighted by atomic mass is 79.9. The van der Waals surface area contributed by atoms with E-state index >= 15 is 0 Å². The first-order valence-electron chi connectivity index (χ1n) is 8.58. The number of pyridine rings is 1. The standard InChI is InChI=1S/C20H17BrN2O3/c21-14-10-17(26-12-13-6-2-1-3-7-13)18(22-11-14)23-19(24)15-8-4-5-9-16(15)20(23)25/h1-3,6-7,10-11H,4-5,8-9,12H2. The van der Waals surface area contributed by atoms with Crippen molar-refractivity contribution in [3.05, 3.63) is 63.8 Å². The van der Waals surface area contributed by atoms with E-state index in [2.05, 4.69) is 20.9 Å². The number of anilines is 1. The lowest BCUT2D eigenvalue weighted by molar-refractivity contribution is -0.120. The third-order valence-electron chi connectivity index (χ3n) is 4.64. The van der Waals surface area contributed by atoms with Gasteiger partial charge in [0, 0.05) is 21.8 Å². The van der Waals surface area contributed by atoms with Crippen molar-refractivity contribution in [1.82, 2.24) is 4.98 Å². The molecule has 2 aromatic rings. The minimum atomic E-state index is -0.260. The number of halogens is 1. The molecule has 6 heteroatoms. The zero-order valence-corrected chi connectivity index (χ0v) is 15.7. The van der Waals surface area contributed by atoms with Crippen molar-refractivity contribution >= 4 is 33.6 Å². The van der Waals surface area contributed by atoms with Crippen LogP contribution in [0.25, 0.3) is 0 Å². The lowest BCUT2D eigenvalue weighted by atomic mass is 9.93. The number of rotatable bonds is 4. The summed E-state index contributed by atoms with van der Waals surface area (Å²) in [4.78, 5) is 31.1. The first-order valence-corrected chi connectivity index (χ1v) is 9.37. The molecule has 1 aromatic carbocycles. The normalized spacial score (nSPS) is 16.9. The largest absolute Gasteiger partial charge is 0.485 e. The SMILES string of the molecule is O=C1C2=C(CCCC2)C(=O)N1c1ncc(Br)cc1OCc1ccccc1. The van der Waals surface area contributed by atoms with Crippen LogP contribution in [0.4, 0.5) is 5.82 Å². The molecule has 2 aliphatic rings. The maximum atomic E-state index is 12.8. The van der Waals surface area contributed by atoms with Crippen LogP contribution in [0, 0.1) is 0 Å². The highest BCUT2D eigenvalue weighted by Crippen LogP contribution is 2.38. The maximum Gasteiger partial charge on any atom is 0.263 e. The van der Waals surface area contributed by atoms with E-state index < -0.39 is 0 Å². The molecule has 0 saturated carbocycles. The van der Waals surface area contributed by atoms with Gasteiger partial charge >= 0.3 is 0 Å². The molecule has 1 aliphatic carbocycles. The predicted octanol–water partition coefficient (Wildman–Crippen LogP) is 4.17. The summed E-state index contributed by atoms with van der Waals surface area (Å²) in [6.07, 6.45) is 4.77. The van der Waals surface area contributed by atoms with E-state index in [-0.39, 0.29) is 17.6 Å². The van der Waals surface area contributed by atoms with Crippen LogP contribution in [0.15, 0.2) is 58.2 Å². The number of amides is 2. The summed E-state index contributed by atoms with van der Waals surface area (Å²) in [7, 11) is 0. The molecule has 5 nitrogen and oxygen atoms in total. The van der Waals surface area contributed by atoms with Crippen molar-refractivity contribution < 1.29 is 14.3 Å². The molecule has 2 heterocycles. The molecule has 0 bridgehead atoms. The monoisotopic (exact) mass is 412 g/mol. The molecular formula is C20H17BrN2O3. The third kappa shape index (κ3) is 3.05. The Labute approximate surface area is 159 Å². The Bertz CT molecular complexity index is 881. The molecule has 26 heavy (non-hydrogen) atoms. The zero-order chi connectivity index (χ0) is 18.1. The molecule has 0 radical (unpaired) electrons. The fourth-order valence-electron chi connectivity index (χ4n) is 3.35. The molecule has 0 N–H and O–H groups in total. The average Bonchev–Trinajstić information content (AvgIpc) is 2.92. The van der Waals surface area contributed by atoms with Crippen molar-refractivity contribution in [3.63, 3.8) is 0 Å². The highest BCUT2D eigenvalue weighted by Gasteiger charge is 2.41. The Morgan fingerprint density at radius 1 is 1.04 bits per heavy atom. The van der Waals surface area contributed by atoms with Crippen LogP contribution in [0.3, 0.4) is 0 Å². The van der Waals surface area contributed by atoms with Gasteiger partial charge in [0.1, 0.15) is 6.61 Å². The number of nitrogens with zero attached hydrogens (tertiary/aromatic N) is 2. The van der Waals surface area contributed by atoms with E-state index in [0.717, 1.165) is 22.9 Å². The first kappa shape index (κ1) is 17.0. The first-order chi connectivity index (χ1) is 12.6. The predicted molar refractivity (Wildman–Crippen MR) is 101 cm³/mol. The number of hydrogen-bond donors (Lipinski definition) is 0. The second-order valence-electron chi connectivity index (χ2n) is 6.36. The molecule has 0 fully saturated rings. The van der Waals surface area contributed by atoms with Crippen molar-refractivity contribution in [2.45, 2.75) is 32.3 Å². The van der Waals surface area contributed by atoms with Crippen LogP contribution >= 0.6 is 15.9 Å². The quantitative estimate of drug-likeness (QED) is 0.707. The summed E-state index contributed by atoms with van der Waals surface area (Å²) in [5.41, 5.74) is 2.27. The van der Waals surface area contributed by atoms with Gasteiger partial charge in [0.05, 0.1) is 0 Å². The van der Waals surface area contributed by atoms with Gasteiger partial charge in [0.15, 0.2) is 11.6 Å². The molecule has 2 amide bonds. The number of carbonyl (C=O) groups is 2. The van der Waals surface area contributed by atoms with Crippen LogP contribution in [0.1, 0.15) is 31.2 Å². The van der Waals surface area contributed by atoms with Crippen molar-refractivity contribution in [1.29, 1.82) is 0 Å². The van der Waals surface area contributed by atoms with Crippen molar-refractivity contribution in [2.75, 3.05) is 4.90 Å². The summed E-state index contributed by atoms with van der Waals surface area (Å²) in [6, 6.07) is 11.5. The molecule has 0 spiro atoms. The van der Waals surface area contributed by atoms with Gasteiger partial charge < -0.3 is 4.74 Å². The van der Waals surface area contributed by atoms with E-state index in [1.165, 1.54) is 4.90 Å². The van der Waals surface area contributed by atoms with Crippen LogP contribution < -0.4 is 9.64 Å². The van der Waals surface area contributed by atoms with Gasteiger partial charge in [-0.2, -0.15) is 0 Å². The Kier molecular flexibility index (Phi) is 4.59. The Balaban J connectivity index is 1.65. The molecule has 0 atom stereocenters. The molecule has 4 rings (SSSR count). The topological polar surface area (TPSA) is 59.5 Å². The minimum Gasteiger partial charge on any atom is -0.485 e. The lowest BCUT2D eigenvalue weighted by Crippen LogP contribution is -2.32. The molecule has 1 aromatic heterocycles. The average molecular weight is 413 g/mol. The molecule has 132 valence electrons. The summed E-state index contributed by atoms with van der Waals surface area (Å²) < 4.78 is 6.63. The smallest absolute Gasteiger partial charge is 0.263 e. The van der Waals surface area contributed by atoms with Crippen LogP contribution in [0.2, 0.25) is 0 Å². The number of benzene rings is 1. The maximum absolute atomic E-state index is 12.8. The van der Waals surface area contributed by atoms with Crippen molar-refractivity contribution in [2.24, 2.45) is 0 Å². The van der Waals surface area contributed by atoms with Crippen LogP contribution in [-0.2, 0) is 16.2 Å². The fourth-order valence-corrected chi connectivity index (χ4v) is 3.67. The Hall–Kier alpha value is -2.47. The van der Waals surface area contributed by atoms with E-state index in [1.54, 1.807) is 12.3 Å². The number of imide groups is 1. The Morgan fingerprint density at radius 2 is 1.69 bits per heavy atom. The van der Waals surface area contributed by atoms with Gasteiger partial charge in [-0.05, 0) is 53.2 Å². The second-order valence-corrected chi connectivity index (χ2v) is 7.28. The second kappa shape index (κ2) is 7.03. The van der Waals surface area contributed by atoms with E-state index in [9.17, 15) is 9.59 Å². The third-order valence-corrected chi connectivity index (χ3v) is 5.07. The van der Waals surface area contributed by atoms with E-state index in [4.69, 9.17) is 4.74 Å². The number of ether oxygens (including phenoxy) is 1. The minimum absolute atomic E-state index is 0.258. The molecule has 0 unspecified atom stereocenters. The van der Waals surface area contributed by atoms with Gasteiger partial charge in [-0.3, -0.25) is 9.59 Å². The van der Waals surface area contributed by atoms with Crippen LogP contribution in [-0.4, -0.2) is 16.8 Å². The summed E-state index contributed by atoms with van der Waals surface area (Å²) in [5.74, 6) is 0.145. The number of hydrogen-bond acceptors (Lipinski definition) is 4. The summed E-state index contributed by atoms with van der Waals surface area (Å²) >= 11 is 3.38. The van der Waals surface area contributed by atoms with Gasteiger partial charge in [-0.1, -0.05) is 30.3 Å². The zero-order valence-electron chi connectivity index (χ0n) is 14.1. The summed E-state index contributed by atoms with van der Waals surface area (Å²) in [6.45, 7) is 0.329. The lowest BCUT2D eigenvalue weighted by Gasteiger charge is -2.18. The van der Waals surface area contributed by atoms with E-state index in [1.807, 2.05) is 30.3 Å². The van der Waals surface area contributed by atoms with Crippen LogP contribution in [0.5, 0.6) is 5.75 Å². The van der Waals surface area contributed by atoms with E-state index in [0.29, 0.717) is 36.3 Å². The molecule has 1 aliphatic heterocycles. The summed E-state index contributed by atoms with van der Waals surface area (Å²) in [5, 5.41) is 0. The van der Waals surface area contributed by atoms with Gasteiger partial charge in [0.25, 0.3) is 11.8 Å². The molecular weight excluding hydrogens is 396 g/mol.